The Hall–Kier alpha value is -0.450. The lowest BCUT2D eigenvalue weighted by molar-refractivity contribution is -0.136. The van der Waals surface area contributed by atoms with E-state index in [9.17, 15) is 20.1 Å². The van der Waals surface area contributed by atoms with Crippen LogP contribution in [0.15, 0.2) is 0 Å². The van der Waals surface area contributed by atoms with Crippen molar-refractivity contribution in [3.8, 4) is 0 Å². The van der Waals surface area contributed by atoms with Crippen LogP contribution in [0.5, 0.6) is 0 Å². The number of carbonyl (C=O) groups is 1. The average Bonchev–Trinajstić information content (AvgIpc) is 2.52. The van der Waals surface area contributed by atoms with Gasteiger partial charge in [-0.25, -0.2) is 0 Å². The van der Waals surface area contributed by atoms with Crippen molar-refractivity contribution in [2.45, 2.75) is 71.7 Å². The second-order valence-electron chi connectivity index (χ2n) is 8.10. The van der Waals surface area contributed by atoms with Gasteiger partial charge in [0.2, 0.25) is 0 Å². The third-order valence-corrected chi connectivity index (χ3v) is 6.49. The molecule has 0 radical (unpaired) electrons. The number of Topliss-reactive ketones (excluding diaryl/α,β-unsaturated/α-hetero) is 1. The molecule has 0 aromatic rings. The molecule has 0 saturated heterocycles. The van der Waals surface area contributed by atoms with Crippen molar-refractivity contribution in [3.05, 3.63) is 0 Å². The molecule has 0 unspecified atom stereocenters. The first-order chi connectivity index (χ1) is 9.51. The van der Waals surface area contributed by atoms with E-state index in [0.717, 1.165) is 12.8 Å². The van der Waals surface area contributed by atoms with Crippen LogP contribution in [0.2, 0.25) is 0 Å². The zero-order chi connectivity index (χ0) is 16.2. The van der Waals surface area contributed by atoms with Gasteiger partial charge in [-0.15, -0.1) is 0 Å². The number of carbonyl (C=O) groups excluding carboxylic acids is 1. The van der Waals surface area contributed by atoms with Crippen LogP contribution in [0.3, 0.4) is 0 Å². The molecule has 0 bridgehead atoms. The fraction of sp³-hybridized carbons (Fsp3) is 0.941. The van der Waals surface area contributed by atoms with Gasteiger partial charge in [-0.3, -0.25) is 4.79 Å². The van der Waals surface area contributed by atoms with Crippen molar-refractivity contribution >= 4 is 5.78 Å². The largest absolute Gasteiger partial charge is 0.390 e. The monoisotopic (exact) mass is 298 g/mol. The minimum absolute atomic E-state index is 0.0647. The molecule has 7 atom stereocenters. The average molecular weight is 298 g/mol. The van der Waals surface area contributed by atoms with Crippen LogP contribution < -0.4 is 0 Å². The molecule has 2 fully saturated rings. The second-order valence-corrected chi connectivity index (χ2v) is 8.10. The highest BCUT2D eigenvalue weighted by Gasteiger charge is 2.61. The smallest absolute Gasteiger partial charge is 0.138 e. The van der Waals surface area contributed by atoms with Crippen LogP contribution in [0.25, 0.3) is 0 Å². The molecule has 2 rings (SSSR count). The van der Waals surface area contributed by atoms with Crippen LogP contribution in [0.1, 0.15) is 53.9 Å². The van der Waals surface area contributed by atoms with E-state index < -0.39 is 23.2 Å². The minimum Gasteiger partial charge on any atom is -0.390 e. The molecule has 2 saturated carbocycles. The predicted octanol–water partition coefficient (Wildman–Crippen LogP) is 1.76. The summed E-state index contributed by atoms with van der Waals surface area (Å²) >= 11 is 0. The third-order valence-electron chi connectivity index (χ3n) is 6.49. The number of hydrogen-bond acceptors (Lipinski definition) is 4. The molecule has 2 aliphatic carbocycles. The van der Waals surface area contributed by atoms with Crippen LogP contribution in [-0.2, 0) is 4.79 Å². The molecular weight excluding hydrogens is 268 g/mol. The summed E-state index contributed by atoms with van der Waals surface area (Å²) in [5, 5.41) is 31.4. The first kappa shape index (κ1) is 16.9. The summed E-state index contributed by atoms with van der Waals surface area (Å²) in [5.74, 6) is 0.125. The summed E-state index contributed by atoms with van der Waals surface area (Å²) < 4.78 is 0. The zero-order valence-corrected chi connectivity index (χ0v) is 13.8. The van der Waals surface area contributed by atoms with Crippen molar-refractivity contribution in [3.63, 3.8) is 0 Å². The predicted molar refractivity (Wildman–Crippen MR) is 80.6 cm³/mol. The molecule has 122 valence electrons. The fourth-order valence-corrected chi connectivity index (χ4v) is 4.75. The molecule has 21 heavy (non-hydrogen) atoms. The van der Waals surface area contributed by atoms with Gasteiger partial charge >= 0.3 is 0 Å². The number of ketones is 1. The number of rotatable bonds is 2. The van der Waals surface area contributed by atoms with Gasteiger partial charge in [0.25, 0.3) is 0 Å². The fourth-order valence-electron chi connectivity index (χ4n) is 4.75. The van der Waals surface area contributed by atoms with E-state index in [1.165, 1.54) is 6.92 Å². The normalized spacial score (nSPS) is 47.8. The molecule has 0 aliphatic heterocycles. The lowest BCUT2D eigenvalue weighted by Crippen LogP contribution is -2.43. The number of hydrogen-bond donors (Lipinski definition) is 3. The molecule has 4 heteroatoms. The van der Waals surface area contributed by atoms with Crippen LogP contribution in [0, 0.1) is 29.1 Å². The maximum absolute atomic E-state index is 12.2. The Labute approximate surface area is 127 Å². The molecule has 0 spiro atoms. The quantitative estimate of drug-likeness (QED) is 0.726. The van der Waals surface area contributed by atoms with Crippen molar-refractivity contribution in [1.29, 1.82) is 0 Å². The maximum atomic E-state index is 12.2. The molecule has 0 amide bonds. The van der Waals surface area contributed by atoms with Gasteiger partial charge in [0.05, 0.1) is 23.2 Å². The van der Waals surface area contributed by atoms with E-state index >= 15 is 0 Å². The standard InChI is InChI=1S/C17H30O4/c1-9-6-7-11(16(3,4)21)8-12-13(9)14(19)15(20)17(12,5)10(2)18/h9,11-15,19-21H,6-8H2,1-5H3/t9-,11+,12-,13+,14-,15+,17+/m1/s1. The van der Waals surface area contributed by atoms with E-state index in [1.807, 2.05) is 13.8 Å². The summed E-state index contributed by atoms with van der Waals surface area (Å²) in [6, 6.07) is 0. The Kier molecular flexibility index (Phi) is 4.29. The van der Waals surface area contributed by atoms with E-state index in [1.54, 1.807) is 6.92 Å². The molecule has 0 heterocycles. The summed E-state index contributed by atoms with van der Waals surface area (Å²) in [5.41, 5.74) is -1.71. The zero-order valence-electron chi connectivity index (χ0n) is 13.8. The van der Waals surface area contributed by atoms with Gasteiger partial charge in [-0.05, 0) is 70.6 Å². The minimum atomic E-state index is -1.01. The topological polar surface area (TPSA) is 77.8 Å². The Morgan fingerprint density at radius 3 is 2.29 bits per heavy atom. The number of aliphatic hydroxyl groups is 3. The summed E-state index contributed by atoms with van der Waals surface area (Å²) in [6.45, 7) is 9.01. The lowest BCUT2D eigenvalue weighted by Gasteiger charge is -2.37. The SMILES string of the molecule is CC(=O)[C@@]1(C)[C@@H]2C[C@@H](C(C)(C)O)CC[C@@H](C)[C@@H]2[C@@H](O)[C@@H]1O. The first-order valence-electron chi connectivity index (χ1n) is 8.10. The van der Waals surface area contributed by atoms with E-state index in [-0.39, 0.29) is 29.5 Å². The summed E-state index contributed by atoms with van der Waals surface area (Å²) in [7, 11) is 0. The van der Waals surface area contributed by atoms with Crippen LogP contribution >= 0.6 is 0 Å². The summed E-state index contributed by atoms with van der Waals surface area (Å²) in [4.78, 5) is 12.2. The van der Waals surface area contributed by atoms with E-state index in [0.29, 0.717) is 6.42 Å². The highest BCUT2D eigenvalue weighted by Crippen LogP contribution is 2.56. The van der Waals surface area contributed by atoms with Crippen molar-refractivity contribution in [2.75, 3.05) is 0 Å². The van der Waals surface area contributed by atoms with Crippen LogP contribution in [0.4, 0.5) is 0 Å². The molecule has 3 N–H and O–H groups in total. The van der Waals surface area contributed by atoms with Gasteiger partial charge in [0, 0.05) is 0 Å². The number of fused-ring (bicyclic) bond motifs is 1. The van der Waals surface area contributed by atoms with Crippen LogP contribution in [-0.4, -0.2) is 38.9 Å². The highest BCUT2D eigenvalue weighted by molar-refractivity contribution is 5.83. The Morgan fingerprint density at radius 1 is 1.24 bits per heavy atom. The Balaban J connectivity index is 2.43. The van der Waals surface area contributed by atoms with Gasteiger partial charge in [-0.2, -0.15) is 0 Å². The molecule has 0 aromatic heterocycles. The van der Waals surface area contributed by atoms with Gasteiger partial charge < -0.3 is 15.3 Å². The van der Waals surface area contributed by atoms with E-state index in [2.05, 4.69) is 6.92 Å². The van der Waals surface area contributed by atoms with Gasteiger partial charge in [0.15, 0.2) is 0 Å². The molecule has 0 aromatic carbocycles. The lowest BCUT2D eigenvalue weighted by atomic mass is 9.67. The number of aliphatic hydroxyl groups excluding tert-OH is 2. The Morgan fingerprint density at radius 2 is 1.81 bits per heavy atom. The first-order valence-corrected chi connectivity index (χ1v) is 8.10. The highest BCUT2D eigenvalue weighted by atomic mass is 16.3. The molecular formula is C17H30O4. The maximum Gasteiger partial charge on any atom is 0.138 e. The van der Waals surface area contributed by atoms with E-state index in [4.69, 9.17) is 0 Å². The third kappa shape index (κ3) is 2.55. The van der Waals surface area contributed by atoms with Crippen molar-refractivity contribution < 1.29 is 20.1 Å². The van der Waals surface area contributed by atoms with Crippen molar-refractivity contribution in [2.24, 2.45) is 29.1 Å². The molecule has 4 nitrogen and oxygen atoms in total. The Bertz CT molecular complexity index is 414. The van der Waals surface area contributed by atoms with Gasteiger partial charge in [0.1, 0.15) is 5.78 Å². The summed E-state index contributed by atoms with van der Waals surface area (Å²) in [6.07, 6.45) is 0.637. The molecule has 2 aliphatic rings. The van der Waals surface area contributed by atoms with Gasteiger partial charge in [-0.1, -0.05) is 6.92 Å². The second kappa shape index (κ2) is 5.32. The van der Waals surface area contributed by atoms with Crippen molar-refractivity contribution in [1.82, 2.24) is 0 Å².